The van der Waals surface area contributed by atoms with Crippen molar-refractivity contribution in [2.75, 3.05) is 13.1 Å². The van der Waals surface area contributed by atoms with Crippen molar-refractivity contribution in [3.63, 3.8) is 0 Å². The van der Waals surface area contributed by atoms with E-state index in [1.165, 1.54) is 0 Å². The van der Waals surface area contributed by atoms with Gasteiger partial charge in [-0.2, -0.15) is 0 Å². The Kier molecular flexibility index (Phi) is 22.3. The molecule has 0 saturated carbocycles. The van der Waals surface area contributed by atoms with E-state index in [-0.39, 0.29) is 102 Å². The van der Waals surface area contributed by atoms with Gasteiger partial charge in [0, 0.05) is 6.42 Å². The van der Waals surface area contributed by atoms with Crippen LogP contribution in [0.4, 0.5) is 0 Å². The van der Waals surface area contributed by atoms with Gasteiger partial charge in [0.15, 0.2) is 0 Å². The summed E-state index contributed by atoms with van der Waals surface area (Å²) in [6, 6.07) is -1.38. The molecule has 1 amide bonds. The molecule has 0 aromatic rings. The summed E-state index contributed by atoms with van der Waals surface area (Å²) in [5, 5.41) is 26.1. The maximum atomic E-state index is 10.9. The van der Waals surface area contributed by atoms with Gasteiger partial charge in [0.25, 0.3) is 0 Å². The molecule has 108 valence electrons. The van der Waals surface area contributed by atoms with Gasteiger partial charge in [0.2, 0.25) is 5.91 Å². The second kappa shape index (κ2) is 15.7. The van der Waals surface area contributed by atoms with Gasteiger partial charge in [-0.3, -0.25) is 24.1 Å². The standard InChI is InChI=1S/C9H14N2O7.3Na.3H/c10-6(12)2-1-5(9(17)18)11(3-7(13)14)4-8(15)16;;;;;;/h5H,1-4H2,(H2,10,12)(H,13,14)(H,15,16)(H,17,18);;;;;;/t5-;;;;;;/m0....../s1. The molecular formula is C9H17N2Na3O7. The molecule has 0 aliphatic heterocycles. The molecule has 21 heavy (non-hydrogen) atoms. The fourth-order valence-electron chi connectivity index (χ4n) is 1.36. The van der Waals surface area contributed by atoms with Gasteiger partial charge < -0.3 is 21.1 Å². The molecule has 0 aromatic carbocycles. The third kappa shape index (κ3) is 15.5. The predicted octanol–water partition coefficient (Wildman–Crippen LogP) is -3.77. The van der Waals surface area contributed by atoms with E-state index in [0.29, 0.717) is 0 Å². The van der Waals surface area contributed by atoms with Crippen LogP contribution in [0.3, 0.4) is 0 Å². The van der Waals surface area contributed by atoms with Crippen LogP contribution in [0.2, 0.25) is 0 Å². The van der Waals surface area contributed by atoms with E-state index in [1.807, 2.05) is 0 Å². The zero-order valence-corrected chi connectivity index (χ0v) is 9.40. The van der Waals surface area contributed by atoms with Crippen LogP contribution in [0.5, 0.6) is 0 Å². The topological polar surface area (TPSA) is 158 Å². The summed E-state index contributed by atoms with van der Waals surface area (Å²) in [4.78, 5) is 43.3. The molecule has 0 spiro atoms. The first kappa shape index (κ1) is 29.8. The summed E-state index contributed by atoms with van der Waals surface area (Å²) in [5.74, 6) is -4.87. The predicted molar refractivity (Wildman–Crippen MR) is 78.1 cm³/mol. The number of hydrogen-bond acceptors (Lipinski definition) is 5. The van der Waals surface area contributed by atoms with Crippen LogP contribution < -0.4 is 5.73 Å². The number of nitrogens with two attached hydrogens (primary N) is 1. The molecule has 9 nitrogen and oxygen atoms in total. The Hall–Kier alpha value is 0.840. The SMILES string of the molecule is NC(=O)CC[C@@H](C(=O)O)N(CC(=O)O)CC(=O)O.[NaH].[NaH].[NaH]. The molecule has 5 N–H and O–H groups in total. The number of rotatable bonds is 9. The fraction of sp³-hybridized carbons (Fsp3) is 0.556. The van der Waals surface area contributed by atoms with Crippen molar-refractivity contribution in [1.29, 1.82) is 0 Å². The molecule has 12 heteroatoms. The van der Waals surface area contributed by atoms with E-state index in [2.05, 4.69) is 0 Å². The summed E-state index contributed by atoms with van der Waals surface area (Å²) < 4.78 is 0. The zero-order valence-electron chi connectivity index (χ0n) is 9.40. The van der Waals surface area contributed by atoms with Crippen LogP contribution in [-0.4, -0.2) is 152 Å². The van der Waals surface area contributed by atoms with Crippen LogP contribution in [0, 0.1) is 0 Å². The third-order valence-corrected chi connectivity index (χ3v) is 2.07. The first-order valence-electron chi connectivity index (χ1n) is 4.92. The average Bonchev–Trinajstić information content (AvgIpc) is 2.14. The summed E-state index contributed by atoms with van der Waals surface area (Å²) >= 11 is 0. The summed E-state index contributed by atoms with van der Waals surface area (Å²) in [5.41, 5.74) is 4.86. The minimum absolute atomic E-state index is 0. The van der Waals surface area contributed by atoms with Crippen molar-refractivity contribution in [3.8, 4) is 0 Å². The fourth-order valence-corrected chi connectivity index (χ4v) is 1.36. The number of carbonyl (C=O) groups excluding carboxylic acids is 1. The monoisotopic (exact) mass is 334 g/mol. The molecule has 0 aliphatic carbocycles. The number of carboxylic acid groups (broad SMARTS) is 3. The van der Waals surface area contributed by atoms with Crippen LogP contribution >= 0.6 is 0 Å². The minimum atomic E-state index is -1.40. The van der Waals surface area contributed by atoms with Gasteiger partial charge in [0.05, 0.1) is 13.1 Å². The van der Waals surface area contributed by atoms with Crippen LogP contribution in [0.1, 0.15) is 12.8 Å². The molecule has 0 saturated heterocycles. The van der Waals surface area contributed by atoms with Gasteiger partial charge in [-0.1, -0.05) is 0 Å². The van der Waals surface area contributed by atoms with Crippen LogP contribution in [-0.2, 0) is 19.2 Å². The molecule has 0 radical (unpaired) electrons. The van der Waals surface area contributed by atoms with Gasteiger partial charge in [0.1, 0.15) is 6.04 Å². The van der Waals surface area contributed by atoms with Crippen molar-refractivity contribution in [2.45, 2.75) is 18.9 Å². The van der Waals surface area contributed by atoms with Gasteiger partial charge in [-0.05, 0) is 6.42 Å². The number of hydrogen-bond donors (Lipinski definition) is 4. The first-order valence-corrected chi connectivity index (χ1v) is 4.92. The Bertz CT molecular complexity index is 351. The van der Waals surface area contributed by atoms with Crippen molar-refractivity contribution < 1.29 is 34.5 Å². The van der Waals surface area contributed by atoms with E-state index in [9.17, 15) is 19.2 Å². The normalized spacial score (nSPS) is 10.3. The number of nitrogens with zero attached hydrogens (tertiary/aromatic N) is 1. The summed E-state index contributed by atoms with van der Waals surface area (Å²) in [6.45, 7) is -1.50. The molecule has 1 atom stereocenters. The zero-order chi connectivity index (χ0) is 14.3. The van der Waals surface area contributed by atoms with Crippen molar-refractivity contribution in [3.05, 3.63) is 0 Å². The van der Waals surface area contributed by atoms with Crippen molar-refractivity contribution >= 4 is 112 Å². The molecule has 0 aromatic heterocycles. The third-order valence-electron chi connectivity index (χ3n) is 2.07. The van der Waals surface area contributed by atoms with Crippen LogP contribution in [0.15, 0.2) is 0 Å². The number of aliphatic carboxylic acids is 3. The Labute approximate surface area is 187 Å². The van der Waals surface area contributed by atoms with Crippen LogP contribution in [0.25, 0.3) is 0 Å². The molecule has 0 unspecified atom stereocenters. The van der Waals surface area contributed by atoms with Crippen molar-refractivity contribution in [1.82, 2.24) is 4.90 Å². The van der Waals surface area contributed by atoms with Gasteiger partial charge >= 0.3 is 107 Å². The summed E-state index contributed by atoms with van der Waals surface area (Å²) in [7, 11) is 0. The average molecular weight is 334 g/mol. The van der Waals surface area contributed by atoms with E-state index < -0.39 is 42.9 Å². The van der Waals surface area contributed by atoms with E-state index in [4.69, 9.17) is 21.1 Å². The molecule has 0 fully saturated rings. The molecule has 0 heterocycles. The molecule has 0 rings (SSSR count). The van der Waals surface area contributed by atoms with Gasteiger partial charge in [-0.25, -0.2) is 0 Å². The van der Waals surface area contributed by atoms with Crippen molar-refractivity contribution in [2.24, 2.45) is 5.73 Å². The number of carbonyl (C=O) groups is 4. The molecule has 0 aliphatic rings. The Morgan fingerprint density at radius 2 is 1.29 bits per heavy atom. The second-order valence-corrected chi connectivity index (χ2v) is 3.55. The molecular weight excluding hydrogens is 317 g/mol. The van der Waals surface area contributed by atoms with E-state index in [1.54, 1.807) is 0 Å². The Morgan fingerprint density at radius 3 is 1.52 bits per heavy atom. The summed E-state index contributed by atoms with van der Waals surface area (Å²) in [6.07, 6.45) is -0.516. The second-order valence-electron chi connectivity index (χ2n) is 3.55. The Morgan fingerprint density at radius 1 is 0.905 bits per heavy atom. The van der Waals surface area contributed by atoms with E-state index in [0.717, 1.165) is 4.90 Å². The quantitative estimate of drug-likeness (QED) is 0.313. The maximum absolute atomic E-state index is 10.9. The number of primary amides is 1. The van der Waals surface area contributed by atoms with E-state index >= 15 is 0 Å². The molecule has 0 bridgehead atoms. The Balaban J connectivity index is -0.000000482. The van der Waals surface area contributed by atoms with Gasteiger partial charge in [-0.15, -0.1) is 0 Å². The number of amides is 1. The first-order chi connectivity index (χ1) is 8.23. The number of carboxylic acids is 3.